The number of methoxy groups -OCH3 is 1. The largest absolute Gasteiger partial charge is 0.497 e. The molecule has 4 rings (SSSR count). The normalized spacial score (nSPS) is 30.2. The molecule has 0 radical (unpaired) electrons. The molecule has 2 aliphatic rings. The fraction of sp³-hybridized carbons (Fsp3) is 0.500. The van der Waals surface area contributed by atoms with E-state index in [1.54, 1.807) is 18.2 Å². The lowest BCUT2D eigenvalue weighted by Crippen LogP contribution is -2.26. The van der Waals surface area contributed by atoms with Gasteiger partial charge in [0.05, 0.1) is 7.11 Å². The van der Waals surface area contributed by atoms with Crippen LogP contribution in [0.15, 0.2) is 28.7 Å². The second-order valence-electron chi connectivity index (χ2n) is 7.59. The molecule has 2 heteroatoms. The van der Waals surface area contributed by atoms with E-state index in [1.165, 1.54) is 40.9 Å². The summed E-state index contributed by atoms with van der Waals surface area (Å²) < 4.78 is 6.69. The zero-order valence-electron chi connectivity index (χ0n) is 13.6. The number of hydrogen-bond donors (Lipinski definition) is 0. The zero-order valence-corrected chi connectivity index (χ0v) is 15.2. The Bertz CT molecular complexity index is 751. The molecule has 1 nitrogen and oxygen atoms in total. The number of fused-ring (bicyclic) bond motifs is 5. The Hall–Kier alpha value is -1.02. The number of hydrogen-bond acceptors (Lipinski definition) is 1. The molecule has 0 bridgehead atoms. The summed E-state index contributed by atoms with van der Waals surface area (Å²) in [5, 5.41) is 2.69. The van der Waals surface area contributed by atoms with E-state index < -0.39 is 0 Å². The second-order valence-corrected chi connectivity index (χ2v) is 8.44. The topological polar surface area (TPSA) is 9.23 Å². The van der Waals surface area contributed by atoms with E-state index in [4.69, 9.17) is 4.74 Å². The van der Waals surface area contributed by atoms with Crippen LogP contribution in [0.25, 0.3) is 10.8 Å². The smallest absolute Gasteiger partial charge is 0.119 e. The van der Waals surface area contributed by atoms with Crippen LogP contribution in [0.3, 0.4) is 0 Å². The lowest BCUT2D eigenvalue weighted by molar-refractivity contribution is 0.248. The zero-order chi connectivity index (χ0) is 15.5. The van der Waals surface area contributed by atoms with Crippen molar-refractivity contribution in [1.82, 2.24) is 0 Å². The molecule has 1 fully saturated rings. The van der Waals surface area contributed by atoms with Crippen molar-refractivity contribution in [2.24, 2.45) is 11.3 Å². The highest BCUT2D eigenvalue weighted by Gasteiger charge is 2.46. The fourth-order valence-electron chi connectivity index (χ4n) is 5.05. The number of ether oxygens (including phenoxy) is 1. The minimum absolute atomic E-state index is 0.498. The van der Waals surface area contributed by atoms with Gasteiger partial charge in [-0.25, -0.2) is 0 Å². The summed E-state index contributed by atoms with van der Waals surface area (Å²) in [6.07, 6.45) is 5.24. The average molecular weight is 359 g/mol. The average Bonchev–Trinajstić information content (AvgIpc) is 2.81. The molecule has 0 heterocycles. The molecule has 2 aliphatic carbocycles. The number of rotatable bonds is 1. The molecular formula is C20H23BrO. The summed E-state index contributed by atoms with van der Waals surface area (Å²) in [6.45, 7) is 4.93. The Morgan fingerprint density at radius 3 is 2.82 bits per heavy atom. The van der Waals surface area contributed by atoms with Crippen molar-refractivity contribution in [1.29, 1.82) is 0 Å². The molecule has 0 unspecified atom stereocenters. The predicted octanol–water partition coefficient (Wildman–Crippen LogP) is 6.08. The van der Waals surface area contributed by atoms with Gasteiger partial charge >= 0.3 is 0 Å². The Morgan fingerprint density at radius 1 is 1.23 bits per heavy atom. The summed E-state index contributed by atoms with van der Waals surface area (Å²) in [5.41, 5.74) is 3.65. The van der Waals surface area contributed by atoms with Crippen LogP contribution in [-0.2, 0) is 6.42 Å². The summed E-state index contributed by atoms with van der Waals surface area (Å²) in [4.78, 5) is 0. The Labute approximate surface area is 141 Å². The lowest BCUT2D eigenvalue weighted by Gasteiger charge is -2.38. The van der Waals surface area contributed by atoms with E-state index in [-0.39, 0.29) is 0 Å². The number of halogens is 1. The molecular weight excluding hydrogens is 336 g/mol. The third-order valence-electron chi connectivity index (χ3n) is 6.06. The lowest BCUT2D eigenvalue weighted by atomic mass is 9.66. The van der Waals surface area contributed by atoms with Gasteiger partial charge in [0.1, 0.15) is 5.75 Å². The van der Waals surface area contributed by atoms with Crippen LogP contribution in [0.4, 0.5) is 0 Å². The molecule has 0 aromatic heterocycles. The van der Waals surface area contributed by atoms with Crippen LogP contribution in [0, 0.1) is 11.3 Å². The monoisotopic (exact) mass is 358 g/mol. The van der Waals surface area contributed by atoms with Crippen molar-refractivity contribution in [3.63, 3.8) is 0 Å². The van der Waals surface area contributed by atoms with E-state index in [0.717, 1.165) is 17.6 Å². The highest BCUT2D eigenvalue weighted by Crippen LogP contribution is 2.58. The first-order chi connectivity index (χ1) is 10.5. The maximum absolute atomic E-state index is 5.46. The maximum atomic E-state index is 5.46. The molecule has 22 heavy (non-hydrogen) atoms. The minimum Gasteiger partial charge on any atom is -0.497 e. The van der Waals surface area contributed by atoms with E-state index in [1.807, 2.05) is 0 Å². The van der Waals surface area contributed by atoms with Crippen LogP contribution in [-0.4, -0.2) is 7.11 Å². The van der Waals surface area contributed by atoms with Crippen molar-refractivity contribution in [2.45, 2.75) is 45.4 Å². The van der Waals surface area contributed by atoms with Gasteiger partial charge in [-0.05, 0) is 89.1 Å². The van der Waals surface area contributed by atoms with Gasteiger partial charge in [0.25, 0.3) is 0 Å². The van der Waals surface area contributed by atoms with E-state index in [0.29, 0.717) is 5.41 Å². The first kappa shape index (κ1) is 14.6. The summed E-state index contributed by atoms with van der Waals surface area (Å²) >= 11 is 3.81. The summed E-state index contributed by atoms with van der Waals surface area (Å²) in [5.74, 6) is 2.53. The Morgan fingerprint density at radius 2 is 2.05 bits per heavy atom. The fourth-order valence-corrected chi connectivity index (χ4v) is 5.65. The highest BCUT2D eigenvalue weighted by atomic mass is 79.9. The van der Waals surface area contributed by atoms with Crippen LogP contribution in [0.5, 0.6) is 5.75 Å². The predicted molar refractivity (Wildman–Crippen MR) is 95.8 cm³/mol. The van der Waals surface area contributed by atoms with Crippen LogP contribution >= 0.6 is 15.9 Å². The molecule has 1 saturated carbocycles. The SMILES string of the molecule is COc1ccc2c(Br)cc3c(c2c1)CC[C@@]1(C)C[C@@H](C)C[C@H]31. The third kappa shape index (κ3) is 2.03. The first-order valence-electron chi connectivity index (χ1n) is 8.31. The van der Waals surface area contributed by atoms with Gasteiger partial charge in [0, 0.05) is 4.47 Å². The molecule has 3 atom stereocenters. The standard InChI is InChI=1S/C20H23BrO/c1-12-8-18-17-10-19(21)15-5-4-13(22-3)9-16(15)14(17)6-7-20(18,2)11-12/h4-5,9-10,12,18H,6-8,11H2,1-3H3/t12-,18+,20-/m0/s1. The molecule has 0 saturated heterocycles. The van der Waals surface area contributed by atoms with Gasteiger partial charge < -0.3 is 4.74 Å². The van der Waals surface area contributed by atoms with E-state index in [9.17, 15) is 0 Å². The second kappa shape index (κ2) is 4.99. The molecule has 0 aliphatic heterocycles. The van der Waals surface area contributed by atoms with Crippen molar-refractivity contribution >= 4 is 26.7 Å². The van der Waals surface area contributed by atoms with Crippen molar-refractivity contribution in [2.75, 3.05) is 7.11 Å². The van der Waals surface area contributed by atoms with Gasteiger partial charge in [-0.2, -0.15) is 0 Å². The summed E-state index contributed by atoms with van der Waals surface area (Å²) in [6, 6.07) is 8.87. The number of benzene rings is 2. The Kier molecular flexibility index (Phi) is 3.30. The molecule has 0 spiro atoms. The van der Waals surface area contributed by atoms with Gasteiger partial charge in [0.2, 0.25) is 0 Å². The third-order valence-corrected chi connectivity index (χ3v) is 6.71. The molecule has 2 aromatic rings. The molecule has 0 N–H and O–H groups in total. The summed E-state index contributed by atoms with van der Waals surface area (Å²) in [7, 11) is 1.75. The van der Waals surface area contributed by atoms with E-state index in [2.05, 4.69) is 54.0 Å². The van der Waals surface area contributed by atoms with Gasteiger partial charge in [-0.3, -0.25) is 0 Å². The van der Waals surface area contributed by atoms with Gasteiger partial charge in [-0.1, -0.05) is 29.8 Å². The number of aryl methyl sites for hydroxylation is 1. The minimum atomic E-state index is 0.498. The highest BCUT2D eigenvalue weighted by molar-refractivity contribution is 9.10. The van der Waals surface area contributed by atoms with Crippen molar-refractivity contribution in [3.05, 3.63) is 39.9 Å². The molecule has 0 amide bonds. The molecule has 2 aromatic carbocycles. The Balaban J connectivity index is 1.96. The first-order valence-corrected chi connectivity index (χ1v) is 9.10. The quantitative estimate of drug-likeness (QED) is 0.600. The maximum Gasteiger partial charge on any atom is 0.119 e. The van der Waals surface area contributed by atoms with E-state index >= 15 is 0 Å². The van der Waals surface area contributed by atoms with Crippen LogP contribution < -0.4 is 4.74 Å². The van der Waals surface area contributed by atoms with Crippen molar-refractivity contribution in [3.8, 4) is 5.75 Å². The van der Waals surface area contributed by atoms with Crippen LogP contribution in [0.1, 0.15) is 50.2 Å². The van der Waals surface area contributed by atoms with Crippen LogP contribution in [0.2, 0.25) is 0 Å². The molecule has 116 valence electrons. The van der Waals surface area contributed by atoms with Gasteiger partial charge in [-0.15, -0.1) is 0 Å². The van der Waals surface area contributed by atoms with Gasteiger partial charge in [0.15, 0.2) is 0 Å². The van der Waals surface area contributed by atoms with Crippen molar-refractivity contribution < 1.29 is 4.74 Å².